The summed E-state index contributed by atoms with van der Waals surface area (Å²) in [5.74, 6) is -0.640. The lowest BCUT2D eigenvalue weighted by atomic mass is 10.0. The van der Waals surface area contributed by atoms with Gasteiger partial charge in [-0.15, -0.1) is 0 Å². The van der Waals surface area contributed by atoms with Crippen molar-refractivity contribution in [2.75, 3.05) is 13.2 Å². The van der Waals surface area contributed by atoms with E-state index in [1.54, 1.807) is 37.3 Å². The van der Waals surface area contributed by atoms with Gasteiger partial charge in [-0.05, 0) is 41.8 Å². The second-order valence-electron chi connectivity index (χ2n) is 6.19. The number of rotatable bonds is 7. The number of hydrogen-bond donors (Lipinski definition) is 0. The van der Waals surface area contributed by atoms with Crippen molar-refractivity contribution in [1.82, 2.24) is 0 Å². The largest absolute Gasteiger partial charge is 0.463 e. The van der Waals surface area contributed by atoms with Crippen molar-refractivity contribution in [2.24, 2.45) is 0 Å². The second-order valence-corrected chi connectivity index (χ2v) is 6.19. The Morgan fingerprint density at radius 2 is 1.50 bits per heavy atom. The fourth-order valence-corrected chi connectivity index (χ4v) is 2.57. The summed E-state index contributed by atoms with van der Waals surface area (Å²) in [6, 6.07) is 9.78. The lowest BCUT2D eigenvalue weighted by Crippen LogP contribution is -2.12. The standard InChI is InChI=1S/C21H18F6O3/c1-2-30-19(28)10-16(15-6-4-3-5-7-15)13-29-12-14-8-17(20(22,23)24)11-18(9-14)21(25,26)27/h3-11H,2,12-13H2,1H3/b16-10-. The van der Waals surface area contributed by atoms with Crippen LogP contribution in [0.4, 0.5) is 26.3 Å². The molecule has 0 saturated heterocycles. The van der Waals surface area contributed by atoms with E-state index in [2.05, 4.69) is 0 Å². The van der Waals surface area contributed by atoms with Crippen LogP contribution in [0.2, 0.25) is 0 Å². The molecule has 0 aliphatic carbocycles. The summed E-state index contributed by atoms with van der Waals surface area (Å²) in [5.41, 5.74) is -2.15. The fourth-order valence-electron chi connectivity index (χ4n) is 2.57. The van der Waals surface area contributed by atoms with Gasteiger partial charge in [-0.25, -0.2) is 4.79 Å². The first kappa shape index (κ1) is 23.5. The number of ether oxygens (including phenoxy) is 2. The summed E-state index contributed by atoms with van der Waals surface area (Å²) in [7, 11) is 0. The first-order valence-corrected chi connectivity index (χ1v) is 8.79. The highest BCUT2D eigenvalue weighted by molar-refractivity contribution is 5.91. The van der Waals surface area contributed by atoms with Crippen LogP contribution in [0.25, 0.3) is 5.57 Å². The normalized spacial score (nSPS) is 12.7. The van der Waals surface area contributed by atoms with Crippen LogP contribution in [0, 0.1) is 0 Å². The van der Waals surface area contributed by atoms with Gasteiger partial charge in [0.25, 0.3) is 0 Å². The van der Waals surface area contributed by atoms with Crippen LogP contribution in [0.1, 0.15) is 29.2 Å². The minimum absolute atomic E-state index is 0.0551. The molecule has 0 spiro atoms. The highest BCUT2D eigenvalue weighted by Gasteiger charge is 2.36. The summed E-state index contributed by atoms with van der Waals surface area (Å²) >= 11 is 0. The molecule has 0 aliphatic rings. The molecule has 30 heavy (non-hydrogen) atoms. The maximum Gasteiger partial charge on any atom is 0.416 e. The van der Waals surface area contributed by atoms with E-state index in [1.165, 1.54) is 6.08 Å². The van der Waals surface area contributed by atoms with Crippen molar-refractivity contribution < 1.29 is 40.6 Å². The maximum absolute atomic E-state index is 13.0. The number of carbonyl (C=O) groups excluding carboxylic acids is 1. The van der Waals surface area contributed by atoms with E-state index in [9.17, 15) is 31.1 Å². The SMILES string of the molecule is CCOC(=O)/C=C(/COCc1cc(C(F)(F)F)cc(C(F)(F)F)c1)c1ccccc1. The van der Waals surface area contributed by atoms with Crippen LogP contribution >= 0.6 is 0 Å². The third-order valence-corrected chi connectivity index (χ3v) is 3.90. The zero-order valence-corrected chi connectivity index (χ0v) is 15.8. The van der Waals surface area contributed by atoms with Crippen LogP contribution in [-0.2, 0) is 33.2 Å². The Hall–Kier alpha value is -2.81. The van der Waals surface area contributed by atoms with E-state index in [4.69, 9.17) is 9.47 Å². The Morgan fingerprint density at radius 1 is 0.933 bits per heavy atom. The zero-order valence-electron chi connectivity index (χ0n) is 15.8. The number of carbonyl (C=O) groups is 1. The van der Waals surface area contributed by atoms with Crippen molar-refractivity contribution in [3.05, 3.63) is 76.9 Å². The Labute approximate surface area is 168 Å². The average Bonchev–Trinajstić information content (AvgIpc) is 2.66. The molecule has 2 rings (SSSR count). The molecule has 0 heterocycles. The van der Waals surface area contributed by atoms with Crippen molar-refractivity contribution >= 4 is 11.5 Å². The molecular formula is C21H18F6O3. The minimum Gasteiger partial charge on any atom is -0.463 e. The predicted octanol–water partition coefficient (Wildman–Crippen LogP) is 5.89. The van der Waals surface area contributed by atoms with Gasteiger partial charge in [-0.3, -0.25) is 0 Å². The molecule has 0 bridgehead atoms. The Morgan fingerprint density at radius 3 is 2.00 bits per heavy atom. The molecule has 2 aromatic carbocycles. The fraction of sp³-hybridized carbons (Fsp3) is 0.286. The predicted molar refractivity (Wildman–Crippen MR) is 97.2 cm³/mol. The number of esters is 1. The molecule has 0 unspecified atom stereocenters. The smallest absolute Gasteiger partial charge is 0.416 e. The van der Waals surface area contributed by atoms with Crippen LogP contribution in [0.3, 0.4) is 0 Å². The third kappa shape index (κ3) is 6.91. The molecule has 0 aliphatic heterocycles. The average molecular weight is 432 g/mol. The number of benzene rings is 2. The second kappa shape index (κ2) is 9.80. The lowest BCUT2D eigenvalue weighted by molar-refractivity contribution is -0.143. The lowest BCUT2D eigenvalue weighted by Gasteiger charge is -2.15. The van der Waals surface area contributed by atoms with Crippen LogP contribution in [0.15, 0.2) is 54.6 Å². The van der Waals surface area contributed by atoms with Gasteiger partial charge in [0.2, 0.25) is 0 Å². The molecule has 162 valence electrons. The van der Waals surface area contributed by atoms with Crippen LogP contribution in [0.5, 0.6) is 0 Å². The Bertz CT molecular complexity index is 854. The van der Waals surface area contributed by atoms with Crippen molar-refractivity contribution in [3.8, 4) is 0 Å². The van der Waals surface area contributed by atoms with E-state index in [1.807, 2.05) is 0 Å². The van der Waals surface area contributed by atoms with E-state index < -0.39 is 36.1 Å². The number of hydrogen-bond acceptors (Lipinski definition) is 3. The first-order chi connectivity index (χ1) is 14.0. The molecule has 0 aromatic heterocycles. The number of halogens is 6. The summed E-state index contributed by atoms with van der Waals surface area (Å²) in [5, 5.41) is 0. The summed E-state index contributed by atoms with van der Waals surface area (Å²) < 4.78 is 87.9. The monoisotopic (exact) mass is 432 g/mol. The van der Waals surface area contributed by atoms with Gasteiger partial charge in [0.1, 0.15) is 0 Å². The van der Waals surface area contributed by atoms with Crippen LogP contribution < -0.4 is 0 Å². The zero-order chi connectivity index (χ0) is 22.4. The van der Waals surface area contributed by atoms with Gasteiger partial charge in [0.05, 0.1) is 30.9 Å². The Kier molecular flexibility index (Phi) is 7.66. The summed E-state index contributed by atoms with van der Waals surface area (Å²) in [6.45, 7) is 1.03. The maximum atomic E-state index is 13.0. The van der Waals surface area contributed by atoms with E-state index >= 15 is 0 Å². The molecule has 0 radical (unpaired) electrons. The third-order valence-electron chi connectivity index (χ3n) is 3.90. The molecule has 0 saturated carbocycles. The topological polar surface area (TPSA) is 35.5 Å². The molecule has 9 heteroatoms. The highest BCUT2D eigenvalue weighted by Crippen LogP contribution is 2.36. The van der Waals surface area contributed by atoms with Gasteiger partial charge >= 0.3 is 18.3 Å². The number of alkyl halides is 6. The highest BCUT2D eigenvalue weighted by atomic mass is 19.4. The quantitative estimate of drug-likeness (QED) is 0.311. The molecule has 2 aromatic rings. The van der Waals surface area contributed by atoms with Gasteiger partial charge in [-0.1, -0.05) is 30.3 Å². The molecule has 0 N–H and O–H groups in total. The van der Waals surface area contributed by atoms with E-state index in [0.29, 0.717) is 23.3 Å². The van der Waals surface area contributed by atoms with Crippen molar-refractivity contribution in [3.63, 3.8) is 0 Å². The minimum atomic E-state index is -4.94. The molecule has 0 fully saturated rings. The molecular weight excluding hydrogens is 414 g/mol. The first-order valence-electron chi connectivity index (χ1n) is 8.79. The molecule has 0 amide bonds. The van der Waals surface area contributed by atoms with E-state index in [0.717, 1.165) is 0 Å². The molecule has 0 atom stereocenters. The summed E-state index contributed by atoms with van der Waals surface area (Å²) in [4.78, 5) is 11.8. The van der Waals surface area contributed by atoms with E-state index in [-0.39, 0.29) is 24.8 Å². The van der Waals surface area contributed by atoms with Gasteiger partial charge in [0, 0.05) is 6.08 Å². The van der Waals surface area contributed by atoms with Gasteiger partial charge < -0.3 is 9.47 Å². The molecule has 3 nitrogen and oxygen atoms in total. The summed E-state index contributed by atoms with van der Waals surface area (Å²) in [6.07, 6.45) is -8.70. The van der Waals surface area contributed by atoms with Gasteiger partial charge in [0.15, 0.2) is 0 Å². The van der Waals surface area contributed by atoms with Crippen LogP contribution in [-0.4, -0.2) is 19.2 Å². The van der Waals surface area contributed by atoms with Crippen molar-refractivity contribution in [1.29, 1.82) is 0 Å². The van der Waals surface area contributed by atoms with Crippen molar-refractivity contribution in [2.45, 2.75) is 25.9 Å². The van der Waals surface area contributed by atoms with Gasteiger partial charge in [-0.2, -0.15) is 26.3 Å². The Balaban J connectivity index is 2.23.